The maximum absolute atomic E-state index is 12.9. The third kappa shape index (κ3) is 77.9. The van der Waals surface area contributed by atoms with Gasteiger partial charge in [0.25, 0.3) is 0 Å². The highest BCUT2D eigenvalue weighted by atomic mass is 31.2. The van der Waals surface area contributed by atoms with Crippen LogP contribution in [-0.4, -0.2) is 74.9 Å². The van der Waals surface area contributed by atoms with Crippen LogP contribution in [0.25, 0.3) is 0 Å². The molecule has 0 saturated carbocycles. The standard InChI is InChI=1S/C86H140NO8P/c1-6-8-10-12-14-16-18-20-22-24-26-28-30-32-34-36-38-39-40-41-42-43-44-45-46-47-49-51-53-55-57-59-61-63-65-67-69-71-73-75-77-79-86(89)95-84(83-94-96(90,91)93-81-80-87(3,4)5)82-92-85(88)78-76-74-72-70-68-66-64-62-60-58-56-54-52-50-48-37-35-33-31-29-27-25-23-21-19-17-15-13-11-9-7-2/h8-11,14-17,20-23,26-29,32,34,38-39,41-42,44-45,47,49,53,55,59,61,65,67,84H,6-7,12-13,18-19,24-25,30-31,33,35-37,40,43,46,48,50-52,54,56-58,60,62-64,66,68-83H2,1-5H3/p+1/b10-8-,11-9-,16-14-,17-15-,22-20-,23-21-,28-26-,29-27-,34-32-,39-38-,42-41-,45-44-,49-47-,55-53-,61-59-,67-65-. The van der Waals surface area contributed by atoms with E-state index in [9.17, 15) is 19.0 Å². The molecule has 0 heterocycles. The van der Waals surface area contributed by atoms with Gasteiger partial charge >= 0.3 is 19.8 Å². The van der Waals surface area contributed by atoms with Crippen molar-refractivity contribution in [3.63, 3.8) is 0 Å². The fourth-order valence-corrected chi connectivity index (χ4v) is 10.6. The quantitative estimate of drug-likeness (QED) is 0.0211. The molecule has 0 bridgehead atoms. The van der Waals surface area contributed by atoms with Crippen LogP contribution < -0.4 is 0 Å². The molecule has 9 nitrogen and oxygen atoms in total. The number of hydrogen-bond donors (Lipinski definition) is 1. The van der Waals surface area contributed by atoms with Crippen molar-refractivity contribution in [3.8, 4) is 0 Å². The van der Waals surface area contributed by atoms with Crippen LogP contribution in [0.15, 0.2) is 194 Å². The molecule has 0 saturated heterocycles. The number of phosphoric acid groups is 1. The second-order valence-corrected chi connectivity index (χ2v) is 27.4. The lowest BCUT2D eigenvalue weighted by atomic mass is 10.0. The number of carbonyl (C=O) groups is 2. The number of esters is 2. The van der Waals surface area contributed by atoms with Crippen molar-refractivity contribution in [2.45, 2.75) is 290 Å². The molecule has 0 rings (SSSR count). The molecule has 0 radical (unpaired) electrons. The minimum atomic E-state index is -4.41. The summed E-state index contributed by atoms with van der Waals surface area (Å²) >= 11 is 0. The number of quaternary nitrogens is 1. The second-order valence-electron chi connectivity index (χ2n) is 25.9. The summed E-state index contributed by atoms with van der Waals surface area (Å²) < 4.78 is 34.7. The molecule has 0 aromatic carbocycles. The first-order chi connectivity index (χ1) is 47.0. The first-order valence-electron chi connectivity index (χ1n) is 38.2. The Bertz CT molecular complexity index is 2330. The molecule has 0 amide bonds. The van der Waals surface area contributed by atoms with Crippen LogP contribution in [0, 0.1) is 0 Å². The second kappa shape index (κ2) is 74.1. The van der Waals surface area contributed by atoms with E-state index in [-0.39, 0.29) is 32.0 Å². The number of allylic oxidation sites excluding steroid dienone is 32. The third-order valence-electron chi connectivity index (χ3n) is 15.6. The number of hydrogen-bond acceptors (Lipinski definition) is 7. The van der Waals surface area contributed by atoms with Crippen LogP contribution >= 0.6 is 7.82 Å². The molecule has 96 heavy (non-hydrogen) atoms. The number of carbonyl (C=O) groups excluding carboxylic acids is 2. The van der Waals surface area contributed by atoms with Gasteiger partial charge in [-0.05, 0) is 141 Å². The molecule has 0 aliphatic heterocycles. The van der Waals surface area contributed by atoms with Crippen molar-refractivity contribution in [3.05, 3.63) is 194 Å². The topological polar surface area (TPSA) is 108 Å². The fraction of sp³-hybridized carbons (Fsp3) is 0.605. The normalized spacial score (nSPS) is 14.2. The van der Waals surface area contributed by atoms with E-state index in [0.29, 0.717) is 17.4 Å². The Labute approximate surface area is 590 Å². The van der Waals surface area contributed by atoms with E-state index in [0.717, 1.165) is 148 Å². The van der Waals surface area contributed by atoms with Crippen LogP contribution in [-0.2, 0) is 32.7 Å². The molecule has 0 aliphatic carbocycles. The van der Waals surface area contributed by atoms with E-state index in [4.69, 9.17) is 18.5 Å². The van der Waals surface area contributed by atoms with Gasteiger partial charge in [-0.3, -0.25) is 18.6 Å². The monoisotopic (exact) mass is 1350 g/mol. The summed E-state index contributed by atoms with van der Waals surface area (Å²) in [6.45, 7) is 4.17. The maximum atomic E-state index is 12.9. The minimum Gasteiger partial charge on any atom is -0.462 e. The zero-order chi connectivity index (χ0) is 69.7. The number of phosphoric ester groups is 1. The van der Waals surface area contributed by atoms with E-state index < -0.39 is 26.5 Å². The average Bonchev–Trinajstić information content (AvgIpc) is 2.54. The van der Waals surface area contributed by atoms with Crippen LogP contribution in [0.3, 0.4) is 0 Å². The van der Waals surface area contributed by atoms with Gasteiger partial charge in [-0.1, -0.05) is 324 Å². The van der Waals surface area contributed by atoms with E-state index in [1.807, 2.05) is 21.1 Å². The predicted octanol–water partition coefficient (Wildman–Crippen LogP) is 25.6. The van der Waals surface area contributed by atoms with Gasteiger partial charge in [0, 0.05) is 12.8 Å². The van der Waals surface area contributed by atoms with Gasteiger partial charge in [0.2, 0.25) is 0 Å². The molecular formula is C86H141NO8P+. The lowest BCUT2D eigenvalue weighted by Crippen LogP contribution is -2.37. The Balaban J connectivity index is 4.13. The van der Waals surface area contributed by atoms with Gasteiger partial charge in [-0.15, -0.1) is 0 Å². The number of rotatable bonds is 68. The largest absolute Gasteiger partial charge is 0.472 e. The SMILES string of the molecule is CC/C=C\C/C=C\C/C=C\C/C=C\C/C=C\C/C=C\C/C=C\C/C=C\C/C=C\C/C=C\C/C=C\C/C=C\CCCCCCC(=O)OC(COC(=O)CCCCCCCCCCCCCCCCCCCC/C=C\C/C=C\C/C=C\C/C=C\CC)COP(=O)(O)OCC[N+](C)(C)C. The Hall–Kier alpha value is -5.15. The molecule has 542 valence electrons. The number of ether oxygens (including phenoxy) is 2. The number of nitrogens with zero attached hydrogens (tertiary/aromatic N) is 1. The zero-order valence-electron chi connectivity index (χ0n) is 61.8. The Morgan fingerprint density at radius 3 is 0.833 bits per heavy atom. The molecule has 0 aromatic rings. The Morgan fingerprint density at radius 1 is 0.323 bits per heavy atom. The van der Waals surface area contributed by atoms with Gasteiger partial charge in [-0.25, -0.2) is 4.57 Å². The minimum absolute atomic E-state index is 0.0175. The number of unbranched alkanes of at least 4 members (excludes halogenated alkanes) is 22. The van der Waals surface area contributed by atoms with E-state index in [1.165, 1.54) is 103 Å². The summed E-state index contributed by atoms with van der Waals surface area (Å²) in [6, 6.07) is 0. The molecule has 2 atom stereocenters. The average molecular weight is 1350 g/mol. The first-order valence-corrected chi connectivity index (χ1v) is 39.7. The van der Waals surface area contributed by atoms with Crippen molar-refractivity contribution in [2.24, 2.45) is 0 Å². The van der Waals surface area contributed by atoms with E-state index in [1.54, 1.807) is 0 Å². The van der Waals surface area contributed by atoms with Crippen molar-refractivity contribution in [1.29, 1.82) is 0 Å². The summed E-state index contributed by atoms with van der Waals surface area (Å²) in [7, 11) is 1.44. The predicted molar refractivity (Wildman–Crippen MR) is 417 cm³/mol. The maximum Gasteiger partial charge on any atom is 0.472 e. The zero-order valence-corrected chi connectivity index (χ0v) is 62.7. The summed E-state index contributed by atoms with van der Waals surface area (Å²) in [4.78, 5) is 35.9. The summed E-state index contributed by atoms with van der Waals surface area (Å²) in [5, 5.41) is 0. The lowest BCUT2D eigenvalue weighted by Gasteiger charge is -2.24. The van der Waals surface area contributed by atoms with Gasteiger partial charge in [0.05, 0.1) is 27.7 Å². The van der Waals surface area contributed by atoms with Gasteiger partial charge in [-0.2, -0.15) is 0 Å². The molecule has 0 spiro atoms. The fourth-order valence-electron chi connectivity index (χ4n) is 9.87. The van der Waals surface area contributed by atoms with E-state index in [2.05, 4.69) is 208 Å². The molecule has 1 N–H and O–H groups in total. The molecule has 2 unspecified atom stereocenters. The highest BCUT2D eigenvalue weighted by molar-refractivity contribution is 7.47. The molecule has 0 aromatic heterocycles. The van der Waals surface area contributed by atoms with Gasteiger partial charge in [0.15, 0.2) is 6.10 Å². The summed E-state index contributed by atoms with van der Waals surface area (Å²) in [6.07, 6.45) is 116. The van der Waals surface area contributed by atoms with Crippen LogP contribution in [0.1, 0.15) is 284 Å². The summed E-state index contributed by atoms with van der Waals surface area (Å²) in [5.74, 6) is -0.833. The Morgan fingerprint density at radius 2 is 0.562 bits per heavy atom. The van der Waals surface area contributed by atoms with Crippen LogP contribution in [0.2, 0.25) is 0 Å². The van der Waals surface area contributed by atoms with Gasteiger partial charge in [0.1, 0.15) is 19.8 Å². The number of likely N-dealkylation sites (N-methyl/N-ethyl adjacent to an activating group) is 1. The van der Waals surface area contributed by atoms with Crippen LogP contribution in [0.5, 0.6) is 0 Å². The van der Waals surface area contributed by atoms with Crippen molar-refractivity contribution >= 4 is 19.8 Å². The lowest BCUT2D eigenvalue weighted by molar-refractivity contribution is -0.870. The first kappa shape index (κ1) is 90.8. The van der Waals surface area contributed by atoms with Crippen molar-refractivity contribution in [2.75, 3.05) is 47.5 Å². The van der Waals surface area contributed by atoms with Crippen molar-refractivity contribution in [1.82, 2.24) is 0 Å². The Kier molecular flexibility index (Phi) is 70.1. The van der Waals surface area contributed by atoms with Crippen LogP contribution in [0.4, 0.5) is 0 Å². The molecule has 10 heteroatoms. The molecule has 0 aliphatic rings. The highest BCUT2D eigenvalue weighted by Gasteiger charge is 2.27. The van der Waals surface area contributed by atoms with E-state index >= 15 is 0 Å². The smallest absolute Gasteiger partial charge is 0.462 e. The van der Waals surface area contributed by atoms with Gasteiger partial charge < -0.3 is 18.9 Å². The molecular weight excluding hydrogens is 1210 g/mol. The highest BCUT2D eigenvalue weighted by Crippen LogP contribution is 2.43. The summed E-state index contributed by atoms with van der Waals surface area (Å²) in [5.41, 5.74) is 0. The van der Waals surface area contributed by atoms with Crippen molar-refractivity contribution < 1.29 is 42.1 Å². The third-order valence-corrected chi connectivity index (χ3v) is 16.6. The molecule has 0 fully saturated rings.